The zero-order chi connectivity index (χ0) is 20.1. The molecule has 2 atom stereocenters. The topological polar surface area (TPSA) is 104 Å². The maximum Gasteiger partial charge on any atom is 0.252 e. The van der Waals surface area contributed by atoms with E-state index in [9.17, 15) is 14.7 Å². The van der Waals surface area contributed by atoms with Crippen LogP contribution in [0.25, 0.3) is 5.78 Å². The fourth-order valence-electron chi connectivity index (χ4n) is 4.74. The number of likely N-dealkylation sites (tertiary alicyclic amines) is 2. The van der Waals surface area contributed by atoms with E-state index < -0.39 is 0 Å². The zero-order valence-electron chi connectivity index (χ0n) is 16.6. The Bertz CT molecular complexity index is 941. The van der Waals surface area contributed by atoms with Crippen molar-refractivity contribution in [2.45, 2.75) is 33.6 Å². The average Bonchev–Trinajstić information content (AvgIpc) is 3.33. The highest BCUT2D eigenvalue weighted by Gasteiger charge is 2.53. The van der Waals surface area contributed by atoms with Crippen LogP contribution in [0.5, 0.6) is 0 Å². The molecule has 9 nitrogen and oxygen atoms in total. The number of nitrogens with zero attached hydrogens (tertiary/aromatic N) is 6. The summed E-state index contributed by atoms with van der Waals surface area (Å²) in [5.41, 5.74) is 2.46. The van der Waals surface area contributed by atoms with Crippen molar-refractivity contribution in [3.63, 3.8) is 0 Å². The second kappa shape index (κ2) is 6.80. The van der Waals surface area contributed by atoms with Gasteiger partial charge in [-0.2, -0.15) is 10.1 Å². The second-order valence-electron chi connectivity index (χ2n) is 8.12. The summed E-state index contributed by atoms with van der Waals surface area (Å²) in [6.07, 6.45) is 2.45. The van der Waals surface area contributed by atoms with Crippen molar-refractivity contribution in [2.75, 3.05) is 32.8 Å². The summed E-state index contributed by atoms with van der Waals surface area (Å²) < 4.78 is 1.70. The van der Waals surface area contributed by atoms with E-state index >= 15 is 0 Å². The number of aromatic nitrogens is 4. The normalized spacial score (nSPS) is 24.2. The van der Waals surface area contributed by atoms with Crippen molar-refractivity contribution in [3.05, 3.63) is 23.3 Å². The van der Waals surface area contributed by atoms with Crippen LogP contribution in [0.1, 0.15) is 30.3 Å². The molecule has 2 saturated heterocycles. The first kappa shape index (κ1) is 18.8. The summed E-state index contributed by atoms with van der Waals surface area (Å²) in [4.78, 5) is 36.8. The highest BCUT2D eigenvalue weighted by atomic mass is 16.3. The Morgan fingerprint density at radius 2 is 1.96 bits per heavy atom. The van der Waals surface area contributed by atoms with Crippen LogP contribution in [0.4, 0.5) is 0 Å². The number of aliphatic hydroxyl groups is 1. The number of hydrogen-bond donors (Lipinski definition) is 1. The van der Waals surface area contributed by atoms with Gasteiger partial charge in [0.1, 0.15) is 6.33 Å². The van der Waals surface area contributed by atoms with Gasteiger partial charge in [-0.15, -0.1) is 0 Å². The monoisotopic (exact) mass is 386 g/mol. The van der Waals surface area contributed by atoms with E-state index in [2.05, 4.69) is 15.1 Å². The molecule has 0 aliphatic carbocycles. The molecule has 150 valence electrons. The molecule has 28 heavy (non-hydrogen) atoms. The predicted molar refractivity (Wildman–Crippen MR) is 100 cm³/mol. The molecule has 2 aromatic heterocycles. The number of carbonyl (C=O) groups excluding carboxylic acids is 2. The molecule has 2 aromatic rings. The zero-order valence-corrected chi connectivity index (χ0v) is 16.6. The molecule has 9 heteroatoms. The van der Waals surface area contributed by atoms with Gasteiger partial charge in [-0.1, -0.05) is 0 Å². The highest BCUT2D eigenvalue weighted by molar-refractivity contribution is 5.77. The maximum atomic E-state index is 12.9. The molecular weight excluding hydrogens is 360 g/mol. The van der Waals surface area contributed by atoms with Gasteiger partial charge in [0.2, 0.25) is 11.8 Å². The first-order valence-electron chi connectivity index (χ1n) is 9.64. The quantitative estimate of drug-likeness (QED) is 0.792. The Hall–Kier alpha value is -2.55. The van der Waals surface area contributed by atoms with Crippen LogP contribution < -0.4 is 0 Å². The van der Waals surface area contributed by atoms with E-state index in [1.807, 2.05) is 18.7 Å². The molecule has 4 heterocycles. The molecule has 0 bridgehead atoms. The molecule has 0 unspecified atom stereocenters. The van der Waals surface area contributed by atoms with Gasteiger partial charge < -0.3 is 14.9 Å². The van der Waals surface area contributed by atoms with Gasteiger partial charge in [-0.3, -0.25) is 9.59 Å². The van der Waals surface area contributed by atoms with Crippen LogP contribution >= 0.6 is 0 Å². The molecule has 0 spiro atoms. The Kier molecular flexibility index (Phi) is 4.57. The van der Waals surface area contributed by atoms with Crippen molar-refractivity contribution >= 4 is 17.6 Å². The summed E-state index contributed by atoms with van der Waals surface area (Å²) in [6.45, 7) is 7.70. The summed E-state index contributed by atoms with van der Waals surface area (Å²) in [5, 5.41) is 14.2. The molecule has 2 aliphatic rings. The number of aryl methyl sites for hydroxylation is 2. The molecule has 0 aromatic carbocycles. The minimum atomic E-state index is -0.381. The van der Waals surface area contributed by atoms with E-state index in [0.717, 1.165) is 17.0 Å². The minimum absolute atomic E-state index is 0.00364. The predicted octanol–water partition coefficient (Wildman–Crippen LogP) is -0.0271. The van der Waals surface area contributed by atoms with Crippen molar-refractivity contribution < 1.29 is 14.7 Å². The Morgan fingerprint density at radius 1 is 1.25 bits per heavy atom. The number of carbonyl (C=O) groups is 2. The Morgan fingerprint density at radius 3 is 2.64 bits per heavy atom. The first-order chi connectivity index (χ1) is 13.3. The fraction of sp³-hybridized carbons (Fsp3) is 0.632. The third kappa shape index (κ3) is 2.94. The van der Waals surface area contributed by atoms with Gasteiger partial charge in [0, 0.05) is 62.2 Å². The number of hydrogen-bond acceptors (Lipinski definition) is 6. The summed E-state index contributed by atoms with van der Waals surface area (Å²) in [5.74, 6) is 0.815. The molecule has 2 amide bonds. The van der Waals surface area contributed by atoms with Gasteiger partial charge in [0.25, 0.3) is 5.78 Å². The summed E-state index contributed by atoms with van der Waals surface area (Å²) in [6, 6.07) is 0. The largest absolute Gasteiger partial charge is 0.396 e. The molecule has 2 aliphatic heterocycles. The van der Waals surface area contributed by atoms with Crippen LogP contribution in [0.3, 0.4) is 0 Å². The number of fused-ring (bicyclic) bond motifs is 2. The van der Waals surface area contributed by atoms with Crippen LogP contribution in [-0.4, -0.2) is 79.1 Å². The van der Waals surface area contributed by atoms with Crippen molar-refractivity contribution in [2.24, 2.45) is 11.3 Å². The molecule has 2 fully saturated rings. The van der Waals surface area contributed by atoms with Crippen molar-refractivity contribution in [3.8, 4) is 0 Å². The lowest BCUT2D eigenvalue weighted by molar-refractivity contribution is -0.131. The lowest BCUT2D eigenvalue weighted by Gasteiger charge is -2.27. The Balaban J connectivity index is 1.44. The number of rotatable bonds is 4. The van der Waals surface area contributed by atoms with Crippen LogP contribution in [0, 0.1) is 25.2 Å². The van der Waals surface area contributed by atoms with Crippen LogP contribution in [-0.2, 0) is 16.0 Å². The highest BCUT2D eigenvalue weighted by Crippen LogP contribution is 2.42. The van der Waals surface area contributed by atoms with Gasteiger partial charge in [-0.05, 0) is 25.8 Å². The number of aliphatic hydroxyl groups excluding tert-OH is 1. The van der Waals surface area contributed by atoms with Gasteiger partial charge in [0.05, 0.1) is 6.61 Å². The summed E-state index contributed by atoms with van der Waals surface area (Å²) in [7, 11) is 0. The van der Waals surface area contributed by atoms with Crippen molar-refractivity contribution in [1.29, 1.82) is 0 Å². The molecule has 1 N–H and O–H groups in total. The van der Waals surface area contributed by atoms with E-state index in [-0.39, 0.29) is 29.8 Å². The summed E-state index contributed by atoms with van der Waals surface area (Å²) >= 11 is 0. The van der Waals surface area contributed by atoms with E-state index in [4.69, 9.17) is 0 Å². The molecule has 0 saturated carbocycles. The number of amides is 2. The maximum absolute atomic E-state index is 12.9. The van der Waals surface area contributed by atoms with Gasteiger partial charge >= 0.3 is 0 Å². The Labute approximate surface area is 163 Å². The molecule has 0 radical (unpaired) electrons. The third-order valence-corrected chi connectivity index (χ3v) is 6.45. The van der Waals surface area contributed by atoms with Gasteiger partial charge in [0.15, 0.2) is 0 Å². The molecular formula is C19H26N6O3. The standard InChI is InChI=1S/C19H26N6O3/c1-12-16(13(2)25-18(22-12)20-11-21-25)4-5-17(28)24-7-15-6-23(14(3)27)8-19(15,9-24)10-26/h11,15,26H,4-10H2,1-3H3/t15-,19+/m1/s1. The average molecular weight is 386 g/mol. The minimum Gasteiger partial charge on any atom is -0.396 e. The fourth-order valence-corrected chi connectivity index (χ4v) is 4.74. The van der Waals surface area contributed by atoms with E-state index in [1.165, 1.54) is 6.33 Å². The van der Waals surface area contributed by atoms with Crippen molar-refractivity contribution in [1.82, 2.24) is 29.4 Å². The van der Waals surface area contributed by atoms with E-state index in [1.54, 1.807) is 16.3 Å². The second-order valence-corrected chi connectivity index (χ2v) is 8.12. The SMILES string of the molecule is CC(=O)N1C[C@@H]2CN(C(=O)CCc3c(C)nc4ncnn4c3C)C[C@]2(CO)C1. The van der Waals surface area contributed by atoms with E-state index in [0.29, 0.717) is 44.8 Å². The third-order valence-electron chi connectivity index (χ3n) is 6.45. The first-order valence-corrected chi connectivity index (χ1v) is 9.64. The lowest BCUT2D eigenvalue weighted by atomic mass is 9.82. The van der Waals surface area contributed by atoms with Gasteiger partial charge in [-0.25, -0.2) is 9.50 Å². The lowest BCUT2D eigenvalue weighted by Crippen LogP contribution is -2.40. The smallest absolute Gasteiger partial charge is 0.252 e. The van der Waals surface area contributed by atoms with Crippen LogP contribution in [0.15, 0.2) is 6.33 Å². The molecule has 4 rings (SSSR count). The van der Waals surface area contributed by atoms with Crippen LogP contribution in [0.2, 0.25) is 0 Å².